The number of benzene rings is 1. The Labute approximate surface area is 112 Å². The molecule has 96 valence electrons. The number of rotatable bonds is 7. The Balaban J connectivity index is 2.14. The van der Waals surface area contributed by atoms with Crippen LogP contribution in [-0.2, 0) is 4.74 Å². The maximum Gasteiger partial charge on any atom is 0.119 e. The molecule has 0 atom stereocenters. The van der Waals surface area contributed by atoms with Crippen LogP contribution in [0.5, 0.6) is 5.75 Å². The van der Waals surface area contributed by atoms with Crippen LogP contribution >= 0.6 is 15.9 Å². The predicted molar refractivity (Wildman–Crippen MR) is 73.6 cm³/mol. The molecule has 0 bridgehead atoms. The molecule has 0 aromatic heterocycles. The van der Waals surface area contributed by atoms with Crippen LogP contribution < -0.4 is 10.1 Å². The van der Waals surface area contributed by atoms with E-state index in [-0.39, 0.29) is 5.60 Å². The first kappa shape index (κ1) is 14.5. The summed E-state index contributed by atoms with van der Waals surface area (Å²) in [7, 11) is 1.72. The fourth-order valence-electron chi connectivity index (χ4n) is 1.23. The Morgan fingerprint density at radius 1 is 1.24 bits per heavy atom. The van der Waals surface area contributed by atoms with Crippen LogP contribution in [0.15, 0.2) is 28.7 Å². The number of nitrogens with one attached hydrogen (secondary N) is 1. The van der Waals surface area contributed by atoms with Gasteiger partial charge in [-0.25, -0.2) is 0 Å². The smallest absolute Gasteiger partial charge is 0.119 e. The quantitative estimate of drug-likeness (QED) is 0.786. The molecule has 3 nitrogen and oxygen atoms in total. The van der Waals surface area contributed by atoms with E-state index in [2.05, 4.69) is 35.1 Å². The standard InChI is InChI=1S/C13H20BrNO2/c1-13(2,16-3)10-15-8-9-17-12-6-4-11(14)5-7-12/h4-7,15H,8-10H2,1-3H3. The summed E-state index contributed by atoms with van der Waals surface area (Å²) in [5.41, 5.74) is -0.127. The fourth-order valence-corrected chi connectivity index (χ4v) is 1.50. The summed E-state index contributed by atoms with van der Waals surface area (Å²) >= 11 is 3.39. The highest BCUT2D eigenvalue weighted by atomic mass is 79.9. The van der Waals surface area contributed by atoms with Crippen LogP contribution in [0.1, 0.15) is 13.8 Å². The molecule has 0 fully saturated rings. The molecule has 4 heteroatoms. The minimum Gasteiger partial charge on any atom is -0.492 e. The van der Waals surface area contributed by atoms with Crippen molar-refractivity contribution in [2.45, 2.75) is 19.4 Å². The predicted octanol–water partition coefficient (Wildman–Crippen LogP) is 2.84. The van der Waals surface area contributed by atoms with E-state index in [1.54, 1.807) is 7.11 Å². The molecule has 0 amide bonds. The van der Waals surface area contributed by atoms with Gasteiger partial charge in [-0.2, -0.15) is 0 Å². The highest BCUT2D eigenvalue weighted by Crippen LogP contribution is 2.15. The zero-order valence-electron chi connectivity index (χ0n) is 10.6. The summed E-state index contributed by atoms with van der Waals surface area (Å²) in [6.07, 6.45) is 0. The van der Waals surface area contributed by atoms with Gasteiger partial charge in [0.15, 0.2) is 0 Å². The number of hydrogen-bond donors (Lipinski definition) is 1. The van der Waals surface area contributed by atoms with Crippen molar-refractivity contribution in [3.05, 3.63) is 28.7 Å². The first-order chi connectivity index (χ1) is 8.03. The fraction of sp³-hybridized carbons (Fsp3) is 0.538. The molecule has 0 saturated carbocycles. The third-order valence-electron chi connectivity index (χ3n) is 2.46. The van der Waals surface area contributed by atoms with E-state index in [1.807, 2.05) is 24.3 Å². The van der Waals surface area contributed by atoms with Crippen molar-refractivity contribution in [3.63, 3.8) is 0 Å². The summed E-state index contributed by atoms with van der Waals surface area (Å²) in [5.74, 6) is 0.890. The maximum atomic E-state index is 5.59. The minimum absolute atomic E-state index is 0.127. The van der Waals surface area contributed by atoms with Gasteiger partial charge in [0.2, 0.25) is 0 Å². The lowest BCUT2D eigenvalue weighted by molar-refractivity contribution is 0.0229. The van der Waals surface area contributed by atoms with Crippen molar-refractivity contribution in [3.8, 4) is 5.75 Å². The molecular weight excluding hydrogens is 282 g/mol. The Morgan fingerprint density at radius 2 is 1.88 bits per heavy atom. The average molecular weight is 302 g/mol. The highest BCUT2D eigenvalue weighted by molar-refractivity contribution is 9.10. The molecule has 0 radical (unpaired) electrons. The molecule has 0 spiro atoms. The van der Waals surface area contributed by atoms with E-state index in [0.717, 1.165) is 23.3 Å². The topological polar surface area (TPSA) is 30.5 Å². The number of halogens is 1. The van der Waals surface area contributed by atoms with Crippen molar-refractivity contribution >= 4 is 15.9 Å². The summed E-state index contributed by atoms with van der Waals surface area (Å²) in [4.78, 5) is 0. The Morgan fingerprint density at radius 3 is 2.47 bits per heavy atom. The molecule has 1 aromatic carbocycles. The maximum absolute atomic E-state index is 5.59. The molecule has 0 saturated heterocycles. The number of hydrogen-bond acceptors (Lipinski definition) is 3. The van der Waals surface area contributed by atoms with Crippen molar-refractivity contribution in [2.24, 2.45) is 0 Å². The summed E-state index contributed by atoms with van der Waals surface area (Å²) in [5, 5.41) is 3.30. The van der Waals surface area contributed by atoms with Gasteiger partial charge in [0, 0.05) is 24.7 Å². The number of ether oxygens (including phenoxy) is 2. The van der Waals surface area contributed by atoms with Crippen molar-refractivity contribution in [1.82, 2.24) is 5.32 Å². The average Bonchev–Trinajstić information content (AvgIpc) is 2.31. The second-order valence-electron chi connectivity index (χ2n) is 4.44. The second-order valence-corrected chi connectivity index (χ2v) is 5.36. The van der Waals surface area contributed by atoms with Crippen LogP contribution in [0.4, 0.5) is 0 Å². The van der Waals surface area contributed by atoms with E-state index < -0.39 is 0 Å². The lowest BCUT2D eigenvalue weighted by atomic mass is 10.1. The summed E-state index contributed by atoms with van der Waals surface area (Å²) < 4.78 is 12.0. The largest absolute Gasteiger partial charge is 0.492 e. The third-order valence-corrected chi connectivity index (χ3v) is 2.99. The molecule has 1 N–H and O–H groups in total. The zero-order valence-corrected chi connectivity index (χ0v) is 12.2. The van der Waals surface area contributed by atoms with Crippen molar-refractivity contribution in [1.29, 1.82) is 0 Å². The molecular formula is C13H20BrNO2. The van der Waals surface area contributed by atoms with Crippen molar-refractivity contribution in [2.75, 3.05) is 26.8 Å². The van der Waals surface area contributed by atoms with Gasteiger partial charge in [-0.15, -0.1) is 0 Å². The van der Waals surface area contributed by atoms with Gasteiger partial charge in [0.25, 0.3) is 0 Å². The van der Waals surface area contributed by atoms with Gasteiger partial charge < -0.3 is 14.8 Å². The Hall–Kier alpha value is -0.580. The van der Waals surface area contributed by atoms with Gasteiger partial charge in [-0.3, -0.25) is 0 Å². The van der Waals surface area contributed by atoms with Crippen LogP contribution in [-0.4, -0.2) is 32.4 Å². The van der Waals surface area contributed by atoms with Gasteiger partial charge in [0.05, 0.1) is 5.60 Å². The monoisotopic (exact) mass is 301 g/mol. The summed E-state index contributed by atoms with van der Waals surface area (Å²) in [6.45, 7) is 6.38. The van der Waals surface area contributed by atoms with Gasteiger partial charge in [-0.1, -0.05) is 15.9 Å². The molecule has 0 heterocycles. The van der Waals surface area contributed by atoms with E-state index in [1.165, 1.54) is 0 Å². The lowest BCUT2D eigenvalue weighted by Gasteiger charge is -2.23. The Kier molecular flexibility index (Phi) is 5.95. The van der Waals surface area contributed by atoms with Gasteiger partial charge >= 0.3 is 0 Å². The van der Waals surface area contributed by atoms with Crippen LogP contribution in [0.3, 0.4) is 0 Å². The van der Waals surface area contributed by atoms with Gasteiger partial charge in [0.1, 0.15) is 12.4 Å². The highest BCUT2D eigenvalue weighted by Gasteiger charge is 2.14. The molecule has 0 aliphatic heterocycles. The first-order valence-electron chi connectivity index (χ1n) is 5.68. The van der Waals surface area contributed by atoms with E-state index in [0.29, 0.717) is 6.61 Å². The normalized spacial score (nSPS) is 11.5. The molecule has 0 unspecified atom stereocenters. The zero-order chi connectivity index (χ0) is 12.7. The molecule has 1 rings (SSSR count). The number of methoxy groups -OCH3 is 1. The molecule has 0 aliphatic carbocycles. The SMILES string of the molecule is COC(C)(C)CNCCOc1ccc(Br)cc1. The van der Waals surface area contributed by atoms with E-state index in [9.17, 15) is 0 Å². The summed E-state index contributed by atoms with van der Waals surface area (Å²) in [6, 6.07) is 7.83. The van der Waals surface area contributed by atoms with Crippen LogP contribution in [0.25, 0.3) is 0 Å². The second kappa shape index (κ2) is 6.99. The van der Waals surface area contributed by atoms with Crippen LogP contribution in [0.2, 0.25) is 0 Å². The third kappa shape index (κ3) is 6.05. The van der Waals surface area contributed by atoms with Gasteiger partial charge in [-0.05, 0) is 38.1 Å². The Bertz CT molecular complexity index is 325. The first-order valence-corrected chi connectivity index (χ1v) is 6.47. The molecule has 0 aliphatic rings. The van der Waals surface area contributed by atoms with Crippen LogP contribution in [0, 0.1) is 0 Å². The molecule has 1 aromatic rings. The minimum atomic E-state index is -0.127. The van der Waals surface area contributed by atoms with E-state index in [4.69, 9.17) is 9.47 Å². The molecule has 17 heavy (non-hydrogen) atoms. The van der Waals surface area contributed by atoms with E-state index >= 15 is 0 Å². The van der Waals surface area contributed by atoms with Crippen molar-refractivity contribution < 1.29 is 9.47 Å². The lowest BCUT2D eigenvalue weighted by Crippen LogP contribution is -2.38.